The van der Waals surface area contributed by atoms with E-state index in [-0.39, 0.29) is 51.4 Å². The van der Waals surface area contributed by atoms with Crippen LogP contribution in [0.3, 0.4) is 0 Å². The Labute approximate surface area is 231 Å². The molecule has 2 aliphatic rings. The third kappa shape index (κ3) is 21.0. The third-order valence-electron chi connectivity index (χ3n) is 3.44. The number of ether oxygens (including phenoxy) is 1. The predicted octanol–water partition coefficient (Wildman–Crippen LogP) is -0.902. The van der Waals surface area contributed by atoms with Gasteiger partial charge in [-0.1, -0.05) is 32.4 Å². The average molecular weight is 479 g/mol. The van der Waals surface area contributed by atoms with Gasteiger partial charge in [0, 0.05) is 18.7 Å². The molecule has 0 aliphatic heterocycles. The van der Waals surface area contributed by atoms with Crippen molar-refractivity contribution in [3.63, 3.8) is 0 Å². The van der Waals surface area contributed by atoms with Gasteiger partial charge in [-0.3, -0.25) is 0 Å². The number of halogens is 1. The van der Waals surface area contributed by atoms with E-state index in [2.05, 4.69) is 19.9 Å². The molecule has 0 amide bonds. The Balaban J connectivity index is 0.000000413. The van der Waals surface area contributed by atoms with E-state index >= 15 is 0 Å². The molecule has 2 saturated carbocycles. The number of nitrogens with two attached hydrogens (primary N) is 2. The molecule has 2 aromatic rings. The normalized spacial score (nSPS) is 14.3. The van der Waals surface area contributed by atoms with Crippen molar-refractivity contribution in [1.29, 1.82) is 0 Å². The minimum atomic E-state index is -0.750. The van der Waals surface area contributed by atoms with Gasteiger partial charge in [-0.05, 0) is 37.5 Å². The van der Waals surface area contributed by atoms with Gasteiger partial charge in [0.1, 0.15) is 29.4 Å². The summed E-state index contributed by atoms with van der Waals surface area (Å²) < 4.78 is 5.38. The maximum Gasteiger partial charge on any atom is 1.00 e. The molecule has 2 fully saturated rings. The average Bonchev–Trinajstić information content (AvgIpc) is 3.55. The van der Waals surface area contributed by atoms with Gasteiger partial charge in [-0.2, -0.15) is 0 Å². The number of anilines is 2. The first-order valence-electron chi connectivity index (χ1n) is 9.81. The molecular formula is C20H32ClKN6O3. The number of nitrogens with zero attached hydrogens (tertiary/aromatic N) is 4. The molecule has 11 heteroatoms. The van der Waals surface area contributed by atoms with Crippen LogP contribution in [0.25, 0.3) is 0 Å². The zero-order valence-corrected chi connectivity index (χ0v) is 22.7. The second-order valence-electron chi connectivity index (χ2n) is 8.04. The zero-order chi connectivity index (χ0) is 22.6. The van der Waals surface area contributed by atoms with Gasteiger partial charge < -0.3 is 26.4 Å². The van der Waals surface area contributed by atoms with Crippen LogP contribution in [0, 0.1) is 11.8 Å². The van der Waals surface area contributed by atoms with Gasteiger partial charge in [0.05, 0.1) is 6.61 Å². The van der Waals surface area contributed by atoms with E-state index in [1.54, 1.807) is 26.8 Å². The van der Waals surface area contributed by atoms with Gasteiger partial charge in [0.15, 0.2) is 0 Å². The summed E-state index contributed by atoms with van der Waals surface area (Å²) in [6.07, 6.45) is 7.81. The second-order valence-corrected chi connectivity index (χ2v) is 8.43. The number of nitrogen functional groups attached to an aromatic ring is 2. The van der Waals surface area contributed by atoms with E-state index in [4.69, 9.17) is 32.9 Å². The molecule has 31 heavy (non-hydrogen) atoms. The first-order valence-corrected chi connectivity index (χ1v) is 10.2. The molecule has 2 aliphatic carbocycles. The molecule has 0 radical (unpaired) electrons. The van der Waals surface area contributed by atoms with Crippen molar-refractivity contribution in [3.05, 3.63) is 29.9 Å². The summed E-state index contributed by atoms with van der Waals surface area (Å²) in [5, 5.41) is 18.7. The third-order valence-corrected chi connectivity index (χ3v) is 3.64. The fraction of sp³-hybridized carbons (Fsp3) is 0.600. The van der Waals surface area contributed by atoms with Crippen molar-refractivity contribution < 1.29 is 66.3 Å². The molecule has 2 aromatic heterocycles. The van der Waals surface area contributed by atoms with Crippen LogP contribution in [0.15, 0.2) is 24.8 Å². The Morgan fingerprint density at radius 2 is 1.48 bits per heavy atom. The smallest absolute Gasteiger partial charge is 0.850 e. The molecular weight excluding hydrogens is 447 g/mol. The molecule has 0 saturated heterocycles. The van der Waals surface area contributed by atoms with Crippen molar-refractivity contribution in [2.45, 2.75) is 52.1 Å². The molecule has 168 valence electrons. The molecule has 0 bridgehead atoms. The molecule has 5 N–H and O–H groups in total. The monoisotopic (exact) mass is 478 g/mol. The molecule has 0 atom stereocenters. The number of aromatic nitrogens is 4. The van der Waals surface area contributed by atoms with Crippen molar-refractivity contribution in [3.8, 4) is 5.88 Å². The minimum Gasteiger partial charge on any atom is -0.850 e. The largest absolute Gasteiger partial charge is 1.00 e. The fourth-order valence-electron chi connectivity index (χ4n) is 1.57. The molecule has 2 heterocycles. The minimum absolute atomic E-state index is 0. The van der Waals surface area contributed by atoms with Crippen LogP contribution in [0.4, 0.5) is 11.6 Å². The van der Waals surface area contributed by atoms with Crippen LogP contribution in [-0.2, 0) is 0 Å². The zero-order valence-electron chi connectivity index (χ0n) is 18.8. The van der Waals surface area contributed by atoms with Gasteiger partial charge >= 0.3 is 51.4 Å². The first-order chi connectivity index (χ1) is 14.1. The fourth-order valence-corrected chi connectivity index (χ4v) is 1.72. The summed E-state index contributed by atoms with van der Waals surface area (Å²) in [6, 6.07) is 3.13. The molecule has 0 unspecified atom stereocenters. The molecule has 0 aromatic carbocycles. The van der Waals surface area contributed by atoms with E-state index in [1.165, 1.54) is 44.4 Å². The van der Waals surface area contributed by atoms with Crippen molar-refractivity contribution >= 4 is 23.2 Å². The van der Waals surface area contributed by atoms with E-state index in [0.29, 0.717) is 35.2 Å². The van der Waals surface area contributed by atoms with E-state index in [9.17, 15) is 5.11 Å². The quantitative estimate of drug-likeness (QED) is 0.374. The van der Waals surface area contributed by atoms with Crippen LogP contribution in [0.2, 0.25) is 5.15 Å². The Morgan fingerprint density at radius 1 is 1.00 bits per heavy atom. The summed E-state index contributed by atoms with van der Waals surface area (Å²) in [7, 11) is 0. The second kappa shape index (κ2) is 16.1. The van der Waals surface area contributed by atoms with Crippen LogP contribution in [0.1, 0.15) is 46.5 Å². The Kier molecular flexibility index (Phi) is 15.8. The summed E-state index contributed by atoms with van der Waals surface area (Å²) in [6.45, 7) is 6.07. The summed E-state index contributed by atoms with van der Waals surface area (Å²) >= 11 is 5.41. The number of hydrogen-bond donors (Lipinski definition) is 3. The Bertz CT molecular complexity index is 720. The molecule has 0 spiro atoms. The number of aliphatic hydroxyl groups is 1. The van der Waals surface area contributed by atoms with Gasteiger partial charge in [-0.25, -0.2) is 19.9 Å². The van der Waals surface area contributed by atoms with Crippen LogP contribution < -0.4 is 72.7 Å². The van der Waals surface area contributed by atoms with E-state index < -0.39 is 5.60 Å². The molecule has 9 nitrogen and oxygen atoms in total. The summed E-state index contributed by atoms with van der Waals surface area (Å²) in [4.78, 5) is 14.9. The Morgan fingerprint density at radius 3 is 1.81 bits per heavy atom. The maximum atomic E-state index is 10.1. The summed E-state index contributed by atoms with van der Waals surface area (Å²) in [5.74, 6) is 2.85. The van der Waals surface area contributed by atoms with Gasteiger partial charge in [0.2, 0.25) is 5.88 Å². The number of hydrogen-bond acceptors (Lipinski definition) is 9. The maximum absolute atomic E-state index is 10.1. The summed E-state index contributed by atoms with van der Waals surface area (Å²) in [5.41, 5.74) is 9.92. The number of aliphatic hydroxyl groups excluding tert-OH is 1. The van der Waals surface area contributed by atoms with Gasteiger partial charge in [-0.15, -0.1) is 5.60 Å². The van der Waals surface area contributed by atoms with Crippen LogP contribution in [0.5, 0.6) is 5.88 Å². The van der Waals surface area contributed by atoms with Crippen molar-refractivity contribution in [1.82, 2.24) is 19.9 Å². The van der Waals surface area contributed by atoms with Crippen molar-refractivity contribution in [2.75, 3.05) is 24.7 Å². The van der Waals surface area contributed by atoms with Crippen LogP contribution >= 0.6 is 11.6 Å². The van der Waals surface area contributed by atoms with Crippen molar-refractivity contribution in [2.24, 2.45) is 11.8 Å². The van der Waals surface area contributed by atoms with Gasteiger partial charge in [0.25, 0.3) is 0 Å². The predicted molar refractivity (Wildman–Crippen MR) is 116 cm³/mol. The number of rotatable bonds is 4. The van der Waals surface area contributed by atoms with E-state index in [1.807, 2.05) is 0 Å². The van der Waals surface area contributed by atoms with Crippen LogP contribution in [-0.4, -0.2) is 43.9 Å². The molecule has 4 rings (SSSR count). The first kappa shape index (κ1) is 30.4. The standard InChI is InChI=1S/C8H11N3O.C4H4ClN3.C4H8O.C4H9O.K/c9-7-3-8(11-5-10-7)12-4-6-1-2-6;5-3-1-4(6)8-2-7-3;5-3-4-1-2-4;1-4(2,3)5;/h3,5-6H,1-2,4H2,(H2,9,10,11);1-2H,(H2,6,7,8);4-5H,1-3H2;1-3H3;/q;;;-1;+1. The van der Waals surface area contributed by atoms with E-state index in [0.717, 1.165) is 12.5 Å². The topological polar surface area (TPSA) is 156 Å². The SMILES string of the molecule is CC(C)(C)[O-].Nc1cc(Cl)ncn1.Nc1cc(OCC2CC2)ncn1.OCC1CC1.[K+]. The Hall–Kier alpha value is -0.594.